The summed E-state index contributed by atoms with van der Waals surface area (Å²) in [5.41, 5.74) is 1.93. The zero-order valence-electron chi connectivity index (χ0n) is 11.4. The predicted octanol–water partition coefficient (Wildman–Crippen LogP) is 4.90. The summed E-state index contributed by atoms with van der Waals surface area (Å²) in [5, 5.41) is 3.73. The van der Waals surface area contributed by atoms with Crippen molar-refractivity contribution in [2.45, 2.75) is 26.5 Å². The molecule has 0 bridgehead atoms. The largest absolute Gasteiger partial charge is 0.491 e. The van der Waals surface area contributed by atoms with Gasteiger partial charge in [0.05, 0.1) is 11.8 Å². The van der Waals surface area contributed by atoms with E-state index in [-0.39, 0.29) is 6.10 Å². The fraction of sp³-hybridized carbons (Fsp3) is 0.267. The Balaban J connectivity index is 2.05. The maximum absolute atomic E-state index is 6.04. The van der Waals surface area contributed by atoms with Gasteiger partial charge in [-0.3, -0.25) is 0 Å². The number of rotatable bonds is 5. The molecule has 5 heteroatoms. The lowest BCUT2D eigenvalue weighted by Gasteiger charge is -2.12. The Labute approximate surface area is 132 Å². The van der Waals surface area contributed by atoms with Gasteiger partial charge < -0.3 is 10.1 Å². The van der Waals surface area contributed by atoms with Crippen LogP contribution in [0.2, 0.25) is 5.15 Å². The van der Waals surface area contributed by atoms with E-state index in [1.807, 2.05) is 44.2 Å². The molecule has 1 aromatic carbocycles. The van der Waals surface area contributed by atoms with Crippen molar-refractivity contribution in [3.8, 4) is 5.75 Å². The molecule has 3 nitrogen and oxygen atoms in total. The van der Waals surface area contributed by atoms with E-state index in [0.717, 1.165) is 21.5 Å². The first-order valence-corrected chi connectivity index (χ1v) is 7.52. The minimum atomic E-state index is 0.168. The van der Waals surface area contributed by atoms with Crippen LogP contribution in [0.25, 0.3) is 0 Å². The van der Waals surface area contributed by atoms with E-state index in [1.54, 1.807) is 6.20 Å². The molecule has 0 radical (unpaired) electrons. The average molecular weight is 356 g/mol. The summed E-state index contributed by atoms with van der Waals surface area (Å²) in [5.74, 6) is 0.873. The summed E-state index contributed by atoms with van der Waals surface area (Å²) < 4.78 is 6.57. The number of hydrogen-bond acceptors (Lipinski definition) is 3. The minimum absolute atomic E-state index is 0.168. The number of ether oxygens (including phenoxy) is 1. The maximum atomic E-state index is 6.04. The monoisotopic (exact) mass is 354 g/mol. The van der Waals surface area contributed by atoms with Crippen molar-refractivity contribution in [1.82, 2.24) is 4.98 Å². The third kappa shape index (κ3) is 4.39. The van der Waals surface area contributed by atoms with Crippen LogP contribution in [0.4, 0.5) is 5.69 Å². The van der Waals surface area contributed by atoms with Crippen molar-refractivity contribution >= 4 is 33.2 Å². The lowest BCUT2D eigenvalue weighted by atomic mass is 10.2. The lowest BCUT2D eigenvalue weighted by Crippen LogP contribution is -2.06. The summed E-state index contributed by atoms with van der Waals surface area (Å²) in [6, 6.07) is 9.91. The zero-order valence-corrected chi connectivity index (χ0v) is 13.7. The Morgan fingerprint density at radius 1 is 1.35 bits per heavy atom. The molecule has 106 valence electrons. The number of halogens is 2. The first-order chi connectivity index (χ1) is 9.54. The predicted molar refractivity (Wildman–Crippen MR) is 86.5 cm³/mol. The van der Waals surface area contributed by atoms with Crippen LogP contribution in [0.3, 0.4) is 0 Å². The van der Waals surface area contributed by atoms with Crippen LogP contribution in [0.5, 0.6) is 5.75 Å². The average Bonchev–Trinajstić information content (AvgIpc) is 2.39. The Morgan fingerprint density at radius 3 is 2.90 bits per heavy atom. The molecule has 2 aromatic rings. The topological polar surface area (TPSA) is 34.1 Å². The second-order valence-corrected chi connectivity index (χ2v) is 5.93. The van der Waals surface area contributed by atoms with Gasteiger partial charge in [0, 0.05) is 17.2 Å². The number of nitrogens with zero attached hydrogens (tertiary/aromatic N) is 1. The molecule has 0 aliphatic rings. The number of nitrogens with one attached hydrogen (secondary N) is 1. The van der Waals surface area contributed by atoms with Crippen LogP contribution in [0.1, 0.15) is 19.4 Å². The fourth-order valence-electron chi connectivity index (χ4n) is 1.74. The number of pyridine rings is 1. The van der Waals surface area contributed by atoms with E-state index in [0.29, 0.717) is 11.7 Å². The van der Waals surface area contributed by atoms with Gasteiger partial charge in [0.2, 0.25) is 0 Å². The van der Waals surface area contributed by atoms with Crippen LogP contribution < -0.4 is 10.1 Å². The first-order valence-electron chi connectivity index (χ1n) is 6.35. The van der Waals surface area contributed by atoms with Crippen LogP contribution >= 0.6 is 27.5 Å². The van der Waals surface area contributed by atoms with Gasteiger partial charge in [-0.05, 0) is 53.5 Å². The second kappa shape index (κ2) is 6.95. The van der Waals surface area contributed by atoms with Gasteiger partial charge in [-0.25, -0.2) is 4.98 Å². The van der Waals surface area contributed by atoms with Gasteiger partial charge in [-0.1, -0.05) is 23.7 Å². The van der Waals surface area contributed by atoms with Crippen molar-refractivity contribution in [2.75, 3.05) is 5.32 Å². The second-order valence-electron chi connectivity index (χ2n) is 4.66. The van der Waals surface area contributed by atoms with E-state index in [4.69, 9.17) is 16.3 Å². The Hall–Kier alpha value is -1.26. The molecular formula is C15H16BrClN2O. The van der Waals surface area contributed by atoms with Crippen molar-refractivity contribution in [3.63, 3.8) is 0 Å². The molecule has 0 atom stereocenters. The van der Waals surface area contributed by atoms with Crippen LogP contribution in [0.15, 0.2) is 41.0 Å². The highest BCUT2D eigenvalue weighted by Crippen LogP contribution is 2.24. The third-order valence-electron chi connectivity index (χ3n) is 2.56. The first kappa shape index (κ1) is 15.1. The summed E-state index contributed by atoms with van der Waals surface area (Å²) in [7, 11) is 0. The molecule has 0 fully saturated rings. The van der Waals surface area contributed by atoms with E-state index in [2.05, 4.69) is 26.2 Å². The van der Waals surface area contributed by atoms with Gasteiger partial charge in [0.15, 0.2) is 5.15 Å². The normalized spacial score (nSPS) is 10.7. The molecular weight excluding hydrogens is 340 g/mol. The van der Waals surface area contributed by atoms with Crippen molar-refractivity contribution < 1.29 is 4.74 Å². The fourth-order valence-corrected chi connectivity index (χ4v) is 2.25. The summed E-state index contributed by atoms with van der Waals surface area (Å²) in [6.07, 6.45) is 1.84. The molecule has 0 saturated heterocycles. The van der Waals surface area contributed by atoms with Crippen LogP contribution in [0, 0.1) is 0 Å². The molecule has 20 heavy (non-hydrogen) atoms. The molecule has 0 aliphatic heterocycles. The molecule has 0 spiro atoms. The lowest BCUT2D eigenvalue weighted by molar-refractivity contribution is 0.242. The van der Waals surface area contributed by atoms with Gasteiger partial charge >= 0.3 is 0 Å². The number of benzene rings is 1. The van der Waals surface area contributed by atoms with Crippen molar-refractivity contribution in [3.05, 3.63) is 51.7 Å². The number of anilines is 1. The zero-order chi connectivity index (χ0) is 14.5. The van der Waals surface area contributed by atoms with E-state index in [1.165, 1.54) is 0 Å². The molecule has 1 aromatic heterocycles. The highest BCUT2D eigenvalue weighted by molar-refractivity contribution is 9.10. The molecule has 1 heterocycles. The summed E-state index contributed by atoms with van der Waals surface area (Å²) in [6.45, 7) is 4.68. The van der Waals surface area contributed by atoms with Gasteiger partial charge in [0.1, 0.15) is 5.75 Å². The molecule has 0 aliphatic carbocycles. The SMILES string of the molecule is CC(C)Oc1cccc(CNc2cc(Br)cnc2Cl)c1. The number of hydrogen-bond donors (Lipinski definition) is 1. The third-order valence-corrected chi connectivity index (χ3v) is 3.29. The highest BCUT2D eigenvalue weighted by atomic mass is 79.9. The quantitative estimate of drug-likeness (QED) is 0.775. The summed E-state index contributed by atoms with van der Waals surface area (Å²) >= 11 is 9.42. The molecule has 1 N–H and O–H groups in total. The summed E-state index contributed by atoms with van der Waals surface area (Å²) in [4.78, 5) is 4.08. The van der Waals surface area contributed by atoms with E-state index >= 15 is 0 Å². The Kier molecular flexibility index (Phi) is 5.26. The molecule has 0 unspecified atom stereocenters. The van der Waals surface area contributed by atoms with Crippen molar-refractivity contribution in [2.24, 2.45) is 0 Å². The van der Waals surface area contributed by atoms with Crippen LogP contribution in [-0.2, 0) is 6.54 Å². The maximum Gasteiger partial charge on any atom is 0.152 e. The highest BCUT2D eigenvalue weighted by Gasteiger charge is 2.03. The van der Waals surface area contributed by atoms with E-state index < -0.39 is 0 Å². The Bertz CT molecular complexity index is 590. The molecule has 2 rings (SSSR count). The van der Waals surface area contributed by atoms with Crippen molar-refractivity contribution in [1.29, 1.82) is 0 Å². The standard InChI is InChI=1S/C15H16BrClN2O/c1-10(2)20-13-5-3-4-11(6-13)8-18-14-7-12(16)9-19-15(14)17/h3-7,9-10,18H,8H2,1-2H3. The van der Waals surface area contributed by atoms with Crippen LogP contribution in [-0.4, -0.2) is 11.1 Å². The molecule has 0 amide bonds. The number of aromatic nitrogens is 1. The van der Waals surface area contributed by atoms with Gasteiger partial charge in [0.25, 0.3) is 0 Å². The van der Waals surface area contributed by atoms with Gasteiger partial charge in [-0.15, -0.1) is 0 Å². The minimum Gasteiger partial charge on any atom is -0.491 e. The molecule has 0 saturated carbocycles. The van der Waals surface area contributed by atoms with Gasteiger partial charge in [-0.2, -0.15) is 0 Å². The smallest absolute Gasteiger partial charge is 0.152 e. The van der Waals surface area contributed by atoms with E-state index in [9.17, 15) is 0 Å². The Morgan fingerprint density at radius 2 is 2.15 bits per heavy atom.